The maximum absolute atomic E-state index is 6.37. The first-order chi connectivity index (χ1) is 19.3. The van der Waals surface area contributed by atoms with Gasteiger partial charge >= 0.3 is 0 Å². The molecule has 0 fully saturated rings. The minimum atomic E-state index is 0.102. The van der Waals surface area contributed by atoms with Crippen molar-refractivity contribution in [2.45, 2.75) is 18.9 Å². The van der Waals surface area contributed by atoms with Crippen molar-refractivity contribution in [3.63, 3.8) is 0 Å². The van der Waals surface area contributed by atoms with Crippen LogP contribution < -0.4 is 5.32 Å². The number of fused-ring (bicyclic) bond motifs is 6. The summed E-state index contributed by atoms with van der Waals surface area (Å²) in [5, 5.41) is 8.51. The highest BCUT2D eigenvalue weighted by Crippen LogP contribution is 2.41. The third kappa shape index (κ3) is 3.70. The number of furan rings is 1. The van der Waals surface area contributed by atoms with Crippen LogP contribution >= 0.6 is 0 Å². The Hall–Kier alpha value is -4.89. The number of aromatic nitrogens is 1. The summed E-state index contributed by atoms with van der Waals surface area (Å²) in [6.07, 6.45) is 14.8. The molecule has 1 unspecified atom stereocenters. The lowest BCUT2D eigenvalue weighted by Gasteiger charge is -2.22. The molecule has 0 bridgehead atoms. The van der Waals surface area contributed by atoms with Gasteiger partial charge < -0.3 is 9.73 Å². The van der Waals surface area contributed by atoms with Gasteiger partial charge in [-0.25, -0.2) is 0 Å². The van der Waals surface area contributed by atoms with Crippen molar-refractivity contribution >= 4 is 44.5 Å². The Morgan fingerprint density at radius 2 is 1.74 bits per heavy atom. The van der Waals surface area contributed by atoms with Crippen molar-refractivity contribution in [3.8, 4) is 11.1 Å². The molecule has 6 aromatic rings. The van der Waals surface area contributed by atoms with Crippen LogP contribution in [-0.2, 0) is 6.42 Å². The first kappa shape index (κ1) is 22.1. The van der Waals surface area contributed by atoms with Crippen LogP contribution in [0, 0.1) is 0 Å². The van der Waals surface area contributed by atoms with E-state index < -0.39 is 0 Å². The van der Waals surface area contributed by atoms with Gasteiger partial charge in [-0.2, -0.15) is 0 Å². The van der Waals surface area contributed by atoms with Crippen LogP contribution in [-0.4, -0.2) is 4.98 Å². The average molecular weight is 503 g/mol. The van der Waals surface area contributed by atoms with Gasteiger partial charge in [-0.05, 0) is 88.3 Å². The van der Waals surface area contributed by atoms with E-state index in [-0.39, 0.29) is 6.04 Å². The topological polar surface area (TPSA) is 38.1 Å². The molecule has 3 heterocycles. The summed E-state index contributed by atoms with van der Waals surface area (Å²) < 4.78 is 6.37. The zero-order valence-electron chi connectivity index (χ0n) is 21.4. The van der Waals surface area contributed by atoms with Crippen LogP contribution in [0.1, 0.15) is 34.8 Å². The summed E-state index contributed by atoms with van der Waals surface area (Å²) in [5.74, 6) is 0. The van der Waals surface area contributed by atoms with Gasteiger partial charge in [0.2, 0.25) is 0 Å². The highest BCUT2D eigenvalue weighted by Gasteiger charge is 2.20. The van der Waals surface area contributed by atoms with E-state index in [9.17, 15) is 0 Å². The van der Waals surface area contributed by atoms with Crippen LogP contribution in [0.3, 0.4) is 0 Å². The van der Waals surface area contributed by atoms with Gasteiger partial charge in [-0.1, -0.05) is 72.8 Å². The molecule has 4 aromatic carbocycles. The highest BCUT2D eigenvalue weighted by atomic mass is 16.3. The minimum absolute atomic E-state index is 0.102. The maximum atomic E-state index is 6.37. The van der Waals surface area contributed by atoms with E-state index in [1.54, 1.807) is 0 Å². The minimum Gasteiger partial charge on any atom is -0.456 e. The molecule has 39 heavy (non-hydrogen) atoms. The van der Waals surface area contributed by atoms with E-state index in [1.165, 1.54) is 49.4 Å². The zero-order valence-corrected chi connectivity index (χ0v) is 21.4. The molecule has 3 nitrogen and oxygen atoms in total. The molecule has 2 aliphatic rings. The lowest BCUT2D eigenvalue weighted by Crippen LogP contribution is -2.20. The van der Waals surface area contributed by atoms with E-state index in [4.69, 9.17) is 4.42 Å². The van der Waals surface area contributed by atoms with Crippen molar-refractivity contribution < 1.29 is 4.42 Å². The number of aryl methyl sites for hydroxylation is 1. The number of hydrogen-bond acceptors (Lipinski definition) is 3. The largest absolute Gasteiger partial charge is 0.456 e. The fraction of sp³-hybridized carbons (Fsp3) is 0.0833. The van der Waals surface area contributed by atoms with Crippen molar-refractivity contribution in [2.75, 3.05) is 0 Å². The van der Waals surface area contributed by atoms with E-state index in [2.05, 4.69) is 101 Å². The normalized spacial score (nSPS) is 16.4. The van der Waals surface area contributed by atoms with Gasteiger partial charge in [0.1, 0.15) is 11.2 Å². The number of benzene rings is 4. The molecule has 0 saturated carbocycles. The first-order valence-corrected chi connectivity index (χ1v) is 13.6. The van der Waals surface area contributed by atoms with E-state index in [1.807, 2.05) is 30.5 Å². The molecule has 1 aliphatic heterocycles. The van der Waals surface area contributed by atoms with Crippen molar-refractivity contribution in [2.24, 2.45) is 0 Å². The molecule has 0 radical (unpaired) electrons. The Morgan fingerprint density at radius 1 is 0.846 bits per heavy atom. The lowest BCUT2D eigenvalue weighted by molar-refractivity contribution is 0.661. The van der Waals surface area contributed by atoms with Crippen LogP contribution in [0.25, 0.3) is 55.6 Å². The van der Waals surface area contributed by atoms with E-state index >= 15 is 0 Å². The maximum Gasteiger partial charge on any atom is 0.139 e. The third-order valence-electron chi connectivity index (χ3n) is 8.01. The summed E-state index contributed by atoms with van der Waals surface area (Å²) in [5.41, 5.74) is 10.3. The quantitative estimate of drug-likeness (QED) is 0.262. The first-order valence-electron chi connectivity index (χ1n) is 13.6. The molecule has 0 amide bonds. The standard InChI is InChI=1S/C36H26N2O/c1-2-10-29-27(8-1)30(22-31-28-9-3-4-14-35(28)39-36(29)31)25-17-15-24-21-26(18-16-23(24)20-25)32-12-7-13-34(38-32)33-11-5-6-19-37-33/h1,3-9,11-22,32,38H,2,10H2. The molecule has 8 rings (SSSR count). The number of para-hydroxylation sites is 1. The number of dihydropyridines is 1. The molecule has 2 aromatic heterocycles. The Kier molecular flexibility index (Phi) is 5.02. The number of nitrogens with one attached hydrogen (secondary N) is 1. The molecule has 1 N–H and O–H groups in total. The van der Waals surface area contributed by atoms with Crippen molar-refractivity contribution in [1.29, 1.82) is 0 Å². The number of nitrogens with zero attached hydrogens (tertiary/aromatic N) is 1. The second-order valence-electron chi connectivity index (χ2n) is 10.4. The summed E-state index contributed by atoms with van der Waals surface area (Å²) in [7, 11) is 0. The third-order valence-corrected chi connectivity index (χ3v) is 8.01. The molecular formula is C36H26N2O. The van der Waals surface area contributed by atoms with Gasteiger partial charge in [0.05, 0.1) is 17.4 Å². The van der Waals surface area contributed by atoms with Crippen LogP contribution in [0.4, 0.5) is 0 Å². The summed E-state index contributed by atoms with van der Waals surface area (Å²) in [6.45, 7) is 0. The van der Waals surface area contributed by atoms with Crippen LogP contribution in [0.15, 0.2) is 120 Å². The van der Waals surface area contributed by atoms with Crippen LogP contribution in [0.5, 0.6) is 0 Å². The highest BCUT2D eigenvalue weighted by molar-refractivity contribution is 6.09. The number of rotatable bonds is 3. The molecule has 0 spiro atoms. The number of pyridine rings is 1. The van der Waals surface area contributed by atoms with Gasteiger partial charge in [0.25, 0.3) is 0 Å². The van der Waals surface area contributed by atoms with Crippen molar-refractivity contribution in [3.05, 3.63) is 138 Å². The van der Waals surface area contributed by atoms with Gasteiger partial charge in [0, 0.05) is 22.5 Å². The molecule has 3 heteroatoms. The van der Waals surface area contributed by atoms with Gasteiger partial charge in [0.15, 0.2) is 0 Å². The second-order valence-corrected chi connectivity index (χ2v) is 10.4. The molecule has 186 valence electrons. The number of allylic oxidation sites excluding steroid dienone is 3. The predicted octanol–water partition coefficient (Wildman–Crippen LogP) is 9.00. The molecule has 1 atom stereocenters. The summed E-state index contributed by atoms with van der Waals surface area (Å²) >= 11 is 0. The molecular weight excluding hydrogens is 476 g/mol. The van der Waals surface area contributed by atoms with Crippen LogP contribution in [0.2, 0.25) is 0 Å². The second kappa shape index (κ2) is 8.85. The Balaban J connectivity index is 1.19. The van der Waals surface area contributed by atoms with Gasteiger partial charge in [-0.15, -0.1) is 0 Å². The van der Waals surface area contributed by atoms with Gasteiger partial charge in [-0.3, -0.25) is 4.98 Å². The lowest BCUT2D eigenvalue weighted by atomic mass is 9.87. The summed E-state index contributed by atoms with van der Waals surface area (Å²) in [6, 6.07) is 30.4. The molecule has 0 saturated heterocycles. The van der Waals surface area contributed by atoms with Crippen molar-refractivity contribution in [1.82, 2.24) is 10.3 Å². The van der Waals surface area contributed by atoms with E-state index in [0.29, 0.717) is 0 Å². The van der Waals surface area contributed by atoms with E-state index in [0.717, 1.165) is 35.4 Å². The average Bonchev–Trinajstić information content (AvgIpc) is 3.40. The number of hydrogen-bond donors (Lipinski definition) is 1. The Bertz CT molecular complexity index is 1990. The predicted molar refractivity (Wildman–Crippen MR) is 161 cm³/mol. The monoisotopic (exact) mass is 502 g/mol. The Morgan fingerprint density at radius 3 is 2.69 bits per heavy atom. The Labute approximate surface area is 226 Å². The molecule has 1 aliphatic carbocycles. The summed E-state index contributed by atoms with van der Waals surface area (Å²) in [4.78, 5) is 4.51. The fourth-order valence-corrected chi connectivity index (χ4v) is 6.07. The smallest absolute Gasteiger partial charge is 0.139 e. The zero-order chi connectivity index (χ0) is 25.8. The fourth-order valence-electron chi connectivity index (χ4n) is 6.07. The SMILES string of the molecule is C1=CC(c2ccc3cc(-c4cc5c(oc6ccccc65)c5c4C=CCC5)ccc3c2)NC(c2ccccn2)=C1.